The number of carbonyl (C=O) groups excluding carboxylic acids is 1. The van der Waals surface area contributed by atoms with Gasteiger partial charge < -0.3 is 15.1 Å². The van der Waals surface area contributed by atoms with Crippen LogP contribution < -0.4 is 5.73 Å². The Hall–Kier alpha value is -2.18. The van der Waals surface area contributed by atoms with Crippen LogP contribution in [-0.4, -0.2) is 30.1 Å². The van der Waals surface area contributed by atoms with Crippen LogP contribution in [0.2, 0.25) is 0 Å². The highest BCUT2D eigenvalue weighted by molar-refractivity contribution is 5.96. The van der Waals surface area contributed by atoms with E-state index >= 15 is 0 Å². The Morgan fingerprint density at radius 1 is 1.33 bits per heavy atom. The Labute approximate surface area is 119 Å². The molecule has 2 rings (SSSR count). The zero-order chi connectivity index (χ0) is 15.6. The molecule has 1 heterocycles. The van der Waals surface area contributed by atoms with Crippen LogP contribution >= 0.6 is 0 Å². The highest BCUT2D eigenvalue weighted by atomic mass is 19.4. The molecule has 0 bridgehead atoms. The summed E-state index contributed by atoms with van der Waals surface area (Å²) in [5.74, 6) is -0.891. The Bertz CT molecular complexity index is 649. The van der Waals surface area contributed by atoms with Gasteiger partial charge in [-0.1, -0.05) is 6.92 Å². The quantitative estimate of drug-likeness (QED) is 0.880. The number of hydrogen-bond donors (Lipinski definition) is 1. The molecule has 0 saturated carbocycles. The number of rotatable bonds is 4. The molecule has 0 radical (unpaired) electrons. The lowest BCUT2D eigenvalue weighted by molar-refractivity contribution is -0.140. The maximum absolute atomic E-state index is 12.5. The van der Waals surface area contributed by atoms with E-state index in [-0.39, 0.29) is 12.3 Å². The molecule has 0 aliphatic rings. The highest BCUT2D eigenvalue weighted by Gasteiger charge is 2.33. The monoisotopic (exact) mass is 300 g/mol. The molecule has 0 atom stereocenters. The number of amides is 1. The summed E-state index contributed by atoms with van der Waals surface area (Å²) in [4.78, 5) is 12.9. The van der Waals surface area contributed by atoms with Crippen molar-refractivity contribution in [2.45, 2.75) is 19.5 Å². The average Bonchev–Trinajstić information content (AvgIpc) is 2.78. The van der Waals surface area contributed by atoms with Gasteiger partial charge >= 0.3 is 6.18 Å². The van der Waals surface area contributed by atoms with E-state index in [0.717, 1.165) is 4.90 Å². The van der Waals surface area contributed by atoms with Gasteiger partial charge in [0.1, 0.15) is 12.1 Å². The first-order chi connectivity index (χ1) is 9.80. The Morgan fingerprint density at radius 2 is 2.05 bits per heavy atom. The maximum Gasteiger partial charge on any atom is 0.406 e. The molecule has 2 N–H and O–H groups in total. The van der Waals surface area contributed by atoms with Crippen LogP contribution in [0.5, 0.6) is 0 Å². The normalized spacial score (nSPS) is 11.8. The molecule has 0 spiro atoms. The van der Waals surface area contributed by atoms with E-state index in [0.29, 0.717) is 23.1 Å². The number of nitrogens with two attached hydrogens (primary N) is 1. The fourth-order valence-corrected chi connectivity index (χ4v) is 2.06. The first kappa shape index (κ1) is 15.2. The topological polar surface area (TPSA) is 59.5 Å². The SMILES string of the molecule is CCCN(CC(F)(F)F)C(=O)c1cc2cc(N)ccc2o1. The second-order valence-corrected chi connectivity index (χ2v) is 4.75. The van der Waals surface area contributed by atoms with Crippen molar-refractivity contribution in [2.24, 2.45) is 0 Å². The number of hydrogen-bond acceptors (Lipinski definition) is 3. The molecule has 0 fully saturated rings. The van der Waals surface area contributed by atoms with Gasteiger partial charge in [-0.2, -0.15) is 13.2 Å². The number of anilines is 1. The minimum Gasteiger partial charge on any atom is -0.451 e. The molecule has 0 unspecified atom stereocenters. The summed E-state index contributed by atoms with van der Waals surface area (Å²) in [6.45, 7) is 0.423. The highest BCUT2D eigenvalue weighted by Crippen LogP contribution is 2.24. The van der Waals surface area contributed by atoms with Gasteiger partial charge in [-0.3, -0.25) is 4.79 Å². The van der Waals surface area contributed by atoms with Gasteiger partial charge in [-0.15, -0.1) is 0 Å². The number of halogens is 3. The van der Waals surface area contributed by atoms with Crippen LogP contribution in [0.15, 0.2) is 28.7 Å². The first-order valence-electron chi connectivity index (χ1n) is 6.45. The number of nitrogen functional groups attached to an aromatic ring is 1. The zero-order valence-electron chi connectivity index (χ0n) is 11.4. The largest absolute Gasteiger partial charge is 0.451 e. The van der Waals surface area contributed by atoms with Crippen molar-refractivity contribution in [1.29, 1.82) is 0 Å². The third-order valence-corrected chi connectivity index (χ3v) is 2.90. The molecule has 21 heavy (non-hydrogen) atoms. The van der Waals surface area contributed by atoms with Crippen molar-refractivity contribution in [3.63, 3.8) is 0 Å². The minimum atomic E-state index is -4.44. The summed E-state index contributed by atoms with van der Waals surface area (Å²) in [6.07, 6.45) is -4.02. The van der Waals surface area contributed by atoms with Crippen LogP contribution in [0.25, 0.3) is 11.0 Å². The molecular weight excluding hydrogens is 285 g/mol. The molecule has 2 aromatic rings. The van der Waals surface area contributed by atoms with E-state index in [4.69, 9.17) is 10.2 Å². The van der Waals surface area contributed by atoms with Crippen LogP contribution in [0.4, 0.5) is 18.9 Å². The molecule has 4 nitrogen and oxygen atoms in total. The van der Waals surface area contributed by atoms with Gasteiger partial charge in [0.05, 0.1) is 0 Å². The van der Waals surface area contributed by atoms with E-state index in [1.807, 2.05) is 0 Å². The second kappa shape index (κ2) is 5.67. The van der Waals surface area contributed by atoms with Crippen molar-refractivity contribution in [3.8, 4) is 0 Å². The van der Waals surface area contributed by atoms with E-state index < -0.39 is 18.6 Å². The summed E-state index contributed by atoms with van der Waals surface area (Å²) < 4.78 is 42.9. The van der Waals surface area contributed by atoms with Crippen LogP contribution in [0.3, 0.4) is 0 Å². The number of nitrogens with zero attached hydrogens (tertiary/aromatic N) is 1. The molecule has 114 valence electrons. The fourth-order valence-electron chi connectivity index (χ4n) is 2.06. The summed E-state index contributed by atoms with van der Waals surface area (Å²) >= 11 is 0. The number of fused-ring (bicyclic) bond motifs is 1. The fraction of sp³-hybridized carbons (Fsp3) is 0.357. The Balaban J connectivity index is 2.29. The van der Waals surface area contributed by atoms with Gasteiger partial charge in [-0.25, -0.2) is 0 Å². The van der Waals surface area contributed by atoms with Crippen LogP contribution in [0.1, 0.15) is 23.9 Å². The lowest BCUT2D eigenvalue weighted by atomic mass is 10.2. The molecular formula is C14H15F3N2O2. The van der Waals surface area contributed by atoms with Gasteiger partial charge in [0.2, 0.25) is 0 Å². The van der Waals surface area contributed by atoms with Crippen molar-refractivity contribution < 1.29 is 22.4 Å². The molecule has 1 amide bonds. The van der Waals surface area contributed by atoms with Gasteiger partial charge in [0, 0.05) is 17.6 Å². The first-order valence-corrected chi connectivity index (χ1v) is 6.45. The minimum absolute atomic E-state index is 0.0114. The molecule has 0 aliphatic carbocycles. The molecule has 1 aromatic heterocycles. The van der Waals surface area contributed by atoms with E-state index in [1.165, 1.54) is 6.07 Å². The third-order valence-electron chi connectivity index (χ3n) is 2.90. The maximum atomic E-state index is 12.5. The summed E-state index contributed by atoms with van der Waals surface area (Å²) in [6, 6.07) is 6.19. The van der Waals surface area contributed by atoms with Crippen LogP contribution in [0, 0.1) is 0 Å². The molecule has 7 heteroatoms. The van der Waals surface area contributed by atoms with Gasteiger partial charge in [-0.05, 0) is 30.7 Å². The van der Waals surface area contributed by atoms with Gasteiger partial charge in [0.15, 0.2) is 5.76 Å². The van der Waals surface area contributed by atoms with Crippen LogP contribution in [-0.2, 0) is 0 Å². The van der Waals surface area contributed by atoms with E-state index in [9.17, 15) is 18.0 Å². The summed E-state index contributed by atoms with van der Waals surface area (Å²) in [5, 5.41) is 0.585. The lowest BCUT2D eigenvalue weighted by Gasteiger charge is -2.22. The number of carbonyl (C=O) groups is 1. The molecule has 0 saturated heterocycles. The van der Waals surface area contributed by atoms with Crippen molar-refractivity contribution in [2.75, 3.05) is 18.8 Å². The predicted molar refractivity (Wildman–Crippen MR) is 72.9 cm³/mol. The van der Waals surface area contributed by atoms with Crippen molar-refractivity contribution in [1.82, 2.24) is 4.90 Å². The Morgan fingerprint density at radius 3 is 2.67 bits per heavy atom. The van der Waals surface area contributed by atoms with Crippen molar-refractivity contribution >= 4 is 22.6 Å². The second-order valence-electron chi connectivity index (χ2n) is 4.75. The third kappa shape index (κ3) is 3.68. The van der Waals surface area contributed by atoms with E-state index in [2.05, 4.69) is 0 Å². The smallest absolute Gasteiger partial charge is 0.406 e. The van der Waals surface area contributed by atoms with E-state index in [1.54, 1.807) is 25.1 Å². The van der Waals surface area contributed by atoms with Crippen molar-refractivity contribution in [3.05, 3.63) is 30.0 Å². The Kier molecular flexibility index (Phi) is 4.11. The summed E-state index contributed by atoms with van der Waals surface area (Å²) in [7, 11) is 0. The number of furan rings is 1. The standard InChI is InChI=1S/C14H15F3N2O2/c1-2-5-19(8-14(15,16)17)13(20)12-7-9-6-10(18)3-4-11(9)21-12/h3-4,6-7H,2,5,8,18H2,1H3. The zero-order valence-corrected chi connectivity index (χ0v) is 11.4. The average molecular weight is 300 g/mol. The number of alkyl halides is 3. The lowest BCUT2D eigenvalue weighted by Crippen LogP contribution is -2.39. The predicted octanol–water partition coefficient (Wildman–Crippen LogP) is 3.43. The number of benzene rings is 1. The molecule has 1 aromatic carbocycles. The summed E-state index contributed by atoms with van der Waals surface area (Å²) in [5.41, 5.74) is 6.52. The molecule has 0 aliphatic heterocycles. The van der Waals surface area contributed by atoms with Gasteiger partial charge in [0.25, 0.3) is 5.91 Å².